The van der Waals surface area contributed by atoms with Crippen molar-refractivity contribution in [3.8, 4) is 0 Å². The van der Waals surface area contributed by atoms with Crippen molar-refractivity contribution in [1.29, 1.82) is 0 Å². The zero-order chi connectivity index (χ0) is 18.2. The average Bonchev–Trinajstić information content (AvgIpc) is 2.60. The second-order valence-corrected chi connectivity index (χ2v) is 7.34. The van der Waals surface area contributed by atoms with Crippen LogP contribution in [0.3, 0.4) is 0 Å². The summed E-state index contributed by atoms with van der Waals surface area (Å²) in [4.78, 5) is 25.4. The van der Waals surface area contributed by atoms with Gasteiger partial charge in [0.05, 0.1) is 0 Å². The first-order valence-corrected chi connectivity index (χ1v) is 9.96. The molecule has 2 heteroatoms. The van der Waals surface area contributed by atoms with Crippen molar-refractivity contribution in [2.75, 3.05) is 0 Å². The molecule has 25 heavy (non-hydrogen) atoms. The predicted molar refractivity (Wildman–Crippen MR) is 104 cm³/mol. The first-order chi connectivity index (χ1) is 12.1. The highest BCUT2D eigenvalue weighted by molar-refractivity contribution is 6.27. The van der Waals surface area contributed by atoms with Crippen LogP contribution in [-0.4, -0.2) is 11.6 Å². The van der Waals surface area contributed by atoms with E-state index in [-0.39, 0.29) is 11.6 Å². The highest BCUT2D eigenvalue weighted by atomic mass is 16.1. The standard InChI is InChI=1S/C23H32O2/c1-4-5-6-7-8-9-10-11-12-15-19-18(3)22(24)20-16-13-14-17(2)21(20)23(19)25/h13-14,16H,4-12,15H2,1-3H3. The van der Waals surface area contributed by atoms with E-state index in [9.17, 15) is 9.59 Å². The molecule has 2 nitrogen and oxygen atoms in total. The lowest BCUT2D eigenvalue weighted by molar-refractivity contribution is 0.0971. The minimum absolute atomic E-state index is 0.0317. The summed E-state index contributed by atoms with van der Waals surface area (Å²) in [6.07, 6.45) is 12.1. The summed E-state index contributed by atoms with van der Waals surface area (Å²) in [6.45, 7) is 5.98. The molecule has 0 saturated heterocycles. The third-order valence-electron chi connectivity index (χ3n) is 5.34. The van der Waals surface area contributed by atoms with Gasteiger partial charge in [-0.2, -0.15) is 0 Å². The number of aryl methyl sites for hydroxylation is 1. The van der Waals surface area contributed by atoms with Gasteiger partial charge in [0.1, 0.15) is 0 Å². The second kappa shape index (κ2) is 9.70. The smallest absolute Gasteiger partial charge is 0.190 e. The van der Waals surface area contributed by atoms with E-state index < -0.39 is 0 Å². The molecular formula is C23H32O2. The number of benzene rings is 1. The Bertz CT molecular complexity index is 652. The molecule has 1 aliphatic carbocycles. The number of carbonyl (C=O) groups is 2. The first-order valence-electron chi connectivity index (χ1n) is 9.96. The molecule has 0 unspecified atom stereocenters. The molecule has 0 bridgehead atoms. The van der Waals surface area contributed by atoms with E-state index in [2.05, 4.69) is 6.92 Å². The van der Waals surface area contributed by atoms with Crippen molar-refractivity contribution in [3.63, 3.8) is 0 Å². The van der Waals surface area contributed by atoms with Crippen LogP contribution >= 0.6 is 0 Å². The summed E-state index contributed by atoms with van der Waals surface area (Å²) < 4.78 is 0. The van der Waals surface area contributed by atoms with Gasteiger partial charge in [-0.15, -0.1) is 0 Å². The van der Waals surface area contributed by atoms with E-state index in [4.69, 9.17) is 0 Å². The van der Waals surface area contributed by atoms with Gasteiger partial charge in [0.15, 0.2) is 11.6 Å². The summed E-state index contributed by atoms with van der Waals surface area (Å²) in [5.41, 5.74) is 3.52. The predicted octanol–water partition coefficient (Wildman–Crippen LogP) is 6.61. The molecule has 1 aromatic carbocycles. The van der Waals surface area contributed by atoms with Crippen molar-refractivity contribution in [2.24, 2.45) is 0 Å². The molecule has 0 amide bonds. The summed E-state index contributed by atoms with van der Waals surface area (Å²) >= 11 is 0. The van der Waals surface area contributed by atoms with Crippen molar-refractivity contribution >= 4 is 11.6 Å². The van der Waals surface area contributed by atoms with Crippen LogP contribution in [-0.2, 0) is 0 Å². The van der Waals surface area contributed by atoms with Crippen LogP contribution < -0.4 is 0 Å². The topological polar surface area (TPSA) is 34.1 Å². The molecule has 0 fully saturated rings. The number of ketones is 2. The van der Waals surface area contributed by atoms with E-state index >= 15 is 0 Å². The quantitative estimate of drug-likeness (QED) is 0.449. The molecule has 1 aliphatic rings. The Labute approximate surface area is 152 Å². The molecule has 0 spiro atoms. The van der Waals surface area contributed by atoms with E-state index in [0.29, 0.717) is 16.7 Å². The Kier molecular flexibility index (Phi) is 7.61. The highest BCUT2D eigenvalue weighted by Crippen LogP contribution is 2.31. The molecular weight excluding hydrogens is 308 g/mol. The first kappa shape index (κ1) is 19.6. The van der Waals surface area contributed by atoms with Crippen molar-refractivity contribution in [3.05, 3.63) is 46.0 Å². The third kappa shape index (κ3) is 4.90. The number of hydrogen-bond donors (Lipinski definition) is 0. The minimum Gasteiger partial charge on any atom is -0.289 e. The van der Waals surface area contributed by atoms with Crippen LogP contribution in [0, 0.1) is 6.92 Å². The van der Waals surface area contributed by atoms with Gasteiger partial charge in [-0.25, -0.2) is 0 Å². The van der Waals surface area contributed by atoms with Gasteiger partial charge in [0.25, 0.3) is 0 Å². The number of allylic oxidation sites excluding steroid dienone is 2. The Hall–Kier alpha value is -1.70. The van der Waals surface area contributed by atoms with Gasteiger partial charge in [-0.3, -0.25) is 9.59 Å². The fourth-order valence-corrected chi connectivity index (χ4v) is 3.73. The van der Waals surface area contributed by atoms with Gasteiger partial charge < -0.3 is 0 Å². The average molecular weight is 341 g/mol. The summed E-state index contributed by atoms with van der Waals surface area (Å²) in [5, 5.41) is 0. The molecule has 1 aromatic rings. The number of hydrogen-bond acceptors (Lipinski definition) is 2. The Balaban J connectivity index is 1.84. The van der Waals surface area contributed by atoms with E-state index in [1.165, 1.54) is 44.9 Å². The normalized spacial score (nSPS) is 14.2. The fraction of sp³-hybridized carbons (Fsp3) is 0.565. The number of Topliss-reactive ketones (excluding diaryl/α,β-unsaturated/α-hetero) is 2. The Morgan fingerprint density at radius 2 is 1.36 bits per heavy atom. The number of unbranched alkanes of at least 4 members (excludes halogenated alkanes) is 8. The zero-order valence-electron chi connectivity index (χ0n) is 16.1. The van der Waals surface area contributed by atoms with Gasteiger partial charge >= 0.3 is 0 Å². The van der Waals surface area contributed by atoms with Crippen molar-refractivity contribution < 1.29 is 9.59 Å². The maximum Gasteiger partial charge on any atom is 0.190 e. The molecule has 0 heterocycles. The van der Waals surface area contributed by atoms with Gasteiger partial charge in [0, 0.05) is 22.3 Å². The van der Waals surface area contributed by atoms with Crippen LogP contribution in [0.5, 0.6) is 0 Å². The highest BCUT2D eigenvalue weighted by Gasteiger charge is 2.30. The monoisotopic (exact) mass is 340 g/mol. The van der Waals surface area contributed by atoms with Crippen LogP contribution in [0.4, 0.5) is 0 Å². The van der Waals surface area contributed by atoms with Gasteiger partial charge in [-0.05, 0) is 32.3 Å². The lowest BCUT2D eigenvalue weighted by atomic mass is 9.81. The van der Waals surface area contributed by atoms with E-state index in [1.54, 1.807) is 6.07 Å². The Morgan fingerprint density at radius 1 is 0.760 bits per heavy atom. The van der Waals surface area contributed by atoms with Crippen molar-refractivity contribution in [2.45, 2.75) is 85.0 Å². The third-order valence-corrected chi connectivity index (χ3v) is 5.34. The lowest BCUT2D eigenvalue weighted by Crippen LogP contribution is -2.22. The molecule has 0 radical (unpaired) electrons. The fourth-order valence-electron chi connectivity index (χ4n) is 3.73. The molecule has 0 atom stereocenters. The molecule has 0 aliphatic heterocycles. The number of rotatable bonds is 10. The van der Waals surface area contributed by atoms with E-state index in [1.807, 2.05) is 26.0 Å². The maximum atomic E-state index is 12.9. The summed E-state index contributed by atoms with van der Waals surface area (Å²) in [7, 11) is 0. The van der Waals surface area contributed by atoms with Gasteiger partial charge in [-0.1, -0.05) is 76.5 Å². The van der Waals surface area contributed by atoms with Crippen LogP contribution in [0.1, 0.15) is 104 Å². The lowest BCUT2D eigenvalue weighted by Gasteiger charge is -2.20. The number of carbonyl (C=O) groups excluding carboxylic acids is 2. The van der Waals surface area contributed by atoms with Crippen molar-refractivity contribution in [1.82, 2.24) is 0 Å². The SMILES string of the molecule is CCCCCCCCCCCC1=C(C)C(=O)c2cccc(C)c2C1=O. The zero-order valence-corrected chi connectivity index (χ0v) is 16.1. The molecule has 0 N–H and O–H groups in total. The molecule has 136 valence electrons. The molecule has 0 saturated carbocycles. The largest absolute Gasteiger partial charge is 0.289 e. The summed E-state index contributed by atoms with van der Waals surface area (Å²) in [5.74, 6) is 0.106. The van der Waals surface area contributed by atoms with E-state index in [0.717, 1.165) is 30.4 Å². The molecule has 0 aromatic heterocycles. The number of fused-ring (bicyclic) bond motifs is 1. The minimum atomic E-state index is 0.0317. The summed E-state index contributed by atoms with van der Waals surface area (Å²) in [6, 6.07) is 5.56. The molecule has 2 rings (SSSR count). The van der Waals surface area contributed by atoms with Crippen LogP contribution in [0.25, 0.3) is 0 Å². The van der Waals surface area contributed by atoms with Crippen LogP contribution in [0.15, 0.2) is 29.3 Å². The Morgan fingerprint density at radius 3 is 2.00 bits per heavy atom. The van der Waals surface area contributed by atoms with Crippen LogP contribution in [0.2, 0.25) is 0 Å². The second-order valence-electron chi connectivity index (χ2n) is 7.34. The van der Waals surface area contributed by atoms with Gasteiger partial charge in [0.2, 0.25) is 0 Å². The maximum absolute atomic E-state index is 12.9.